The maximum Gasteiger partial charge on any atom is 0.328 e. The van der Waals surface area contributed by atoms with Crippen LogP contribution in [0.25, 0.3) is 0 Å². The molecular formula is C22H28N2O6. The fraction of sp³-hybridized carbons (Fsp3) is 0.273. The molecular weight excluding hydrogens is 388 g/mol. The molecule has 8 heteroatoms. The van der Waals surface area contributed by atoms with Crippen molar-refractivity contribution in [1.82, 2.24) is 0 Å². The summed E-state index contributed by atoms with van der Waals surface area (Å²) in [6, 6.07) is 17.0. The molecule has 30 heavy (non-hydrogen) atoms. The molecule has 0 aliphatic rings. The normalized spacial score (nSPS) is 13.7. The molecule has 2 aromatic carbocycles. The minimum atomic E-state index is -1.51. The van der Waals surface area contributed by atoms with Crippen molar-refractivity contribution in [3.63, 3.8) is 0 Å². The Morgan fingerprint density at radius 2 is 1.70 bits per heavy atom. The van der Waals surface area contributed by atoms with E-state index in [0.717, 1.165) is 17.7 Å². The molecule has 0 spiro atoms. The summed E-state index contributed by atoms with van der Waals surface area (Å²) in [5, 5.41) is 39.8. The molecule has 0 saturated heterocycles. The number of carbonyl (C=O) groups excluding carboxylic acids is 1. The van der Waals surface area contributed by atoms with Gasteiger partial charge in [-0.25, -0.2) is 4.79 Å². The Bertz CT molecular complexity index is 809. The number of anilines is 1. The summed E-state index contributed by atoms with van der Waals surface area (Å²) in [6.07, 6.45) is 0.527. The van der Waals surface area contributed by atoms with E-state index in [9.17, 15) is 24.9 Å². The predicted molar refractivity (Wildman–Crippen MR) is 110 cm³/mol. The molecule has 162 valence electrons. The minimum Gasteiger partial charge on any atom is -0.545 e. The lowest BCUT2D eigenvalue weighted by Gasteiger charge is -2.19. The zero-order valence-electron chi connectivity index (χ0n) is 16.7. The first-order valence-corrected chi connectivity index (χ1v) is 9.42. The molecule has 0 amide bonds. The molecule has 2 rings (SSSR count). The van der Waals surface area contributed by atoms with Gasteiger partial charge in [0.2, 0.25) is 0 Å². The van der Waals surface area contributed by atoms with Crippen molar-refractivity contribution in [1.29, 1.82) is 0 Å². The second-order valence-electron chi connectivity index (χ2n) is 6.70. The SMILES string of the molecule is CC([NH2+]CCC(O)c1cccc(N)c1)C(O)c1ccccc1.O=C([O-])/C=C/C(=O)O. The van der Waals surface area contributed by atoms with E-state index in [4.69, 9.17) is 10.8 Å². The highest BCUT2D eigenvalue weighted by Gasteiger charge is 2.19. The van der Waals surface area contributed by atoms with Crippen LogP contribution in [0.2, 0.25) is 0 Å². The third-order valence-corrected chi connectivity index (χ3v) is 4.28. The number of carboxylic acids is 2. The lowest BCUT2D eigenvalue weighted by molar-refractivity contribution is -0.695. The number of aliphatic carboxylic acids is 2. The fourth-order valence-corrected chi connectivity index (χ4v) is 2.67. The highest BCUT2D eigenvalue weighted by Crippen LogP contribution is 2.18. The van der Waals surface area contributed by atoms with Crippen molar-refractivity contribution in [3.8, 4) is 0 Å². The number of carbonyl (C=O) groups is 2. The number of rotatable bonds is 9. The van der Waals surface area contributed by atoms with Crippen LogP contribution < -0.4 is 16.2 Å². The molecule has 2 aromatic rings. The number of nitrogen functional groups attached to an aromatic ring is 1. The van der Waals surface area contributed by atoms with Gasteiger partial charge in [-0.1, -0.05) is 42.5 Å². The molecule has 0 fully saturated rings. The Balaban J connectivity index is 0.000000479. The monoisotopic (exact) mass is 416 g/mol. The third kappa shape index (κ3) is 9.83. The summed E-state index contributed by atoms with van der Waals surface area (Å²) >= 11 is 0. The van der Waals surface area contributed by atoms with Crippen molar-refractivity contribution in [2.75, 3.05) is 12.3 Å². The second-order valence-corrected chi connectivity index (χ2v) is 6.70. The summed E-state index contributed by atoms with van der Waals surface area (Å²) < 4.78 is 0. The van der Waals surface area contributed by atoms with Crippen LogP contribution in [-0.2, 0) is 9.59 Å². The third-order valence-electron chi connectivity index (χ3n) is 4.28. The molecule has 0 heterocycles. The van der Waals surface area contributed by atoms with Crippen LogP contribution in [0, 0.1) is 0 Å². The van der Waals surface area contributed by atoms with E-state index in [0.29, 0.717) is 24.3 Å². The number of nitrogens with two attached hydrogens (primary N) is 2. The van der Waals surface area contributed by atoms with Gasteiger partial charge in [0, 0.05) is 18.2 Å². The fourth-order valence-electron chi connectivity index (χ4n) is 2.67. The molecule has 0 aliphatic carbocycles. The Morgan fingerprint density at radius 3 is 2.23 bits per heavy atom. The minimum absolute atomic E-state index is 0.0374. The van der Waals surface area contributed by atoms with Gasteiger partial charge in [-0.05, 0) is 36.3 Å². The molecule has 0 aliphatic heterocycles. The average Bonchev–Trinajstić information content (AvgIpc) is 2.72. The summed E-state index contributed by atoms with van der Waals surface area (Å²) in [6.45, 7) is 2.73. The van der Waals surface area contributed by atoms with Gasteiger partial charge in [0.1, 0.15) is 12.1 Å². The summed E-state index contributed by atoms with van der Waals surface area (Å²) in [4.78, 5) is 19.0. The highest BCUT2D eigenvalue weighted by atomic mass is 16.4. The zero-order valence-corrected chi connectivity index (χ0v) is 16.7. The number of benzene rings is 2. The van der Waals surface area contributed by atoms with Gasteiger partial charge >= 0.3 is 5.97 Å². The van der Waals surface area contributed by atoms with Crippen molar-refractivity contribution in [2.45, 2.75) is 31.6 Å². The number of quaternary nitrogens is 1. The first kappa shape index (κ1) is 24.8. The summed E-state index contributed by atoms with van der Waals surface area (Å²) in [5.74, 6) is -2.80. The van der Waals surface area contributed by atoms with Gasteiger partial charge in [-0.15, -0.1) is 0 Å². The Kier molecular flexibility index (Phi) is 10.8. The first-order valence-electron chi connectivity index (χ1n) is 9.42. The van der Waals surface area contributed by atoms with E-state index in [-0.39, 0.29) is 6.04 Å². The standard InChI is InChI=1S/C18H24N2O2.C4H4O4/c1-13(18(22)14-6-3-2-4-7-14)20-11-10-17(21)15-8-5-9-16(19)12-15;5-3(6)1-2-4(7)8/h2-9,12-13,17-18,20-22H,10-11,19H2,1H3;1-2H,(H,5,6)(H,7,8)/b;2-1+. The first-order chi connectivity index (χ1) is 14.2. The summed E-state index contributed by atoms with van der Waals surface area (Å²) in [7, 11) is 0. The van der Waals surface area contributed by atoms with Crippen LogP contribution in [0.3, 0.4) is 0 Å². The number of aliphatic hydroxyl groups excluding tert-OH is 2. The van der Waals surface area contributed by atoms with E-state index < -0.39 is 24.1 Å². The lowest BCUT2D eigenvalue weighted by Crippen LogP contribution is -2.90. The smallest absolute Gasteiger partial charge is 0.328 e. The van der Waals surface area contributed by atoms with Crippen LogP contribution in [0.1, 0.15) is 36.7 Å². The molecule has 0 saturated carbocycles. The van der Waals surface area contributed by atoms with Gasteiger partial charge in [0.25, 0.3) is 0 Å². The van der Waals surface area contributed by atoms with Gasteiger partial charge in [-0.2, -0.15) is 0 Å². The van der Waals surface area contributed by atoms with E-state index in [1.807, 2.05) is 49.4 Å². The molecule has 0 bridgehead atoms. The Hall–Kier alpha value is -3.20. The number of aliphatic hydroxyl groups is 2. The van der Waals surface area contributed by atoms with E-state index in [1.165, 1.54) is 0 Å². The van der Waals surface area contributed by atoms with Crippen LogP contribution >= 0.6 is 0 Å². The second kappa shape index (κ2) is 13.1. The van der Waals surface area contributed by atoms with Crippen LogP contribution in [0.4, 0.5) is 5.69 Å². The molecule has 0 aromatic heterocycles. The van der Waals surface area contributed by atoms with Crippen LogP contribution in [0.5, 0.6) is 0 Å². The van der Waals surface area contributed by atoms with Gasteiger partial charge in [-0.3, -0.25) is 0 Å². The molecule has 8 nitrogen and oxygen atoms in total. The predicted octanol–water partition coefficient (Wildman–Crippen LogP) is -0.245. The van der Waals surface area contributed by atoms with Crippen molar-refractivity contribution >= 4 is 17.6 Å². The topological polar surface area (TPSA) is 161 Å². The van der Waals surface area contributed by atoms with Crippen molar-refractivity contribution < 1.29 is 35.3 Å². The van der Waals surface area contributed by atoms with Gasteiger partial charge in [0.05, 0.1) is 18.6 Å². The lowest BCUT2D eigenvalue weighted by atomic mass is 10.0. The quantitative estimate of drug-likeness (QED) is 0.278. The largest absolute Gasteiger partial charge is 0.545 e. The van der Waals surface area contributed by atoms with E-state index in [1.54, 1.807) is 12.1 Å². The zero-order chi connectivity index (χ0) is 22.5. The van der Waals surface area contributed by atoms with Gasteiger partial charge in [0.15, 0.2) is 0 Å². The maximum absolute atomic E-state index is 10.3. The van der Waals surface area contributed by atoms with Crippen molar-refractivity contribution in [3.05, 3.63) is 77.9 Å². The van der Waals surface area contributed by atoms with E-state index in [2.05, 4.69) is 5.32 Å². The summed E-state index contributed by atoms with van der Waals surface area (Å²) in [5.41, 5.74) is 8.14. The van der Waals surface area contributed by atoms with E-state index >= 15 is 0 Å². The number of hydrogen-bond acceptors (Lipinski definition) is 6. The van der Waals surface area contributed by atoms with Gasteiger partial charge < -0.3 is 36.3 Å². The molecule has 7 N–H and O–H groups in total. The van der Waals surface area contributed by atoms with Crippen LogP contribution in [0.15, 0.2) is 66.7 Å². The van der Waals surface area contributed by atoms with Crippen molar-refractivity contribution in [2.24, 2.45) is 0 Å². The molecule has 3 atom stereocenters. The maximum atomic E-state index is 10.3. The number of hydrogen-bond donors (Lipinski definition) is 5. The Labute approximate surface area is 175 Å². The molecule has 0 radical (unpaired) electrons. The number of carboxylic acid groups (broad SMARTS) is 2. The van der Waals surface area contributed by atoms with Crippen LogP contribution in [-0.4, -0.2) is 39.8 Å². The Morgan fingerprint density at radius 1 is 1.07 bits per heavy atom. The highest BCUT2D eigenvalue weighted by molar-refractivity contribution is 5.88. The average molecular weight is 416 g/mol. The molecule has 3 unspecified atom stereocenters.